The molecule has 2 fully saturated rings. The van der Waals surface area contributed by atoms with Crippen LogP contribution in [0.5, 0.6) is 11.5 Å². The molecule has 2 aliphatic heterocycles. The lowest BCUT2D eigenvalue weighted by atomic mass is 9.92. The van der Waals surface area contributed by atoms with Crippen molar-refractivity contribution in [3.8, 4) is 11.5 Å². The summed E-state index contributed by atoms with van der Waals surface area (Å²) in [5.41, 5.74) is -1.02. The Kier molecular flexibility index (Phi) is 19.2. The zero-order valence-electron chi connectivity index (χ0n) is 42.6. The highest BCUT2D eigenvalue weighted by Gasteiger charge is 2.50. The summed E-state index contributed by atoms with van der Waals surface area (Å²) in [6.45, 7) is 8.76. The molecular formula is C50H68F8N6O9. The lowest BCUT2D eigenvalue weighted by Crippen LogP contribution is -2.58. The zero-order chi connectivity index (χ0) is 54.4. The van der Waals surface area contributed by atoms with E-state index in [1.165, 1.54) is 37.9 Å². The van der Waals surface area contributed by atoms with Crippen molar-refractivity contribution in [1.29, 1.82) is 0 Å². The second-order valence-corrected chi connectivity index (χ2v) is 19.7. The van der Waals surface area contributed by atoms with Gasteiger partial charge in [-0.05, 0) is 91.5 Å². The molecule has 0 spiro atoms. The summed E-state index contributed by atoms with van der Waals surface area (Å²) in [5, 5.41) is 1.98. The molecular weight excluding hydrogens is 981 g/mol. The Hall–Kier alpha value is -5.29. The van der Waals surface area contributed by atoms with E-state index < -0.39 is 88.3 Å². The van der Waals surface area contributed by atoms with Crippen LogP contribution >= 0.6 is 0 Å². The zero-order valence-corrected chi connectivity index (χ0v) is 42.6. The highest BCUT2D eigenvalue weighted by Crippen LogP contribution is 2.47. The number of amides is 5. The minimum absolute atomic E-state index is 0.0595. The Morgan fingerprint density at radius 2 is 1.05 bits per heavy atom. The largest absolute Gasteiger partial charge is 0.473 e. The van der Waals surface area contributed by atoms with Gasteiger partial charge < -0.3 is 49.6 Å². The molecule has 2 heterocycles. The van der Waals surface area contributed by atoms with Gasteiger partial charge in [-0.15, -0.1) is 0 Å². The summed E-state index contributed by atoms with van der Waals surface area (Å²) in [6.07, 6.45) is -4.53. The number of rotatable bonds is 16. The van der Waals surface area contributed by atoms with Crippen LogP contribution in [0.15, 0.2) is 24.3 Å². The molecule has 73 heavy (non-hydrogen) atoms. The Morgan fingerprint density at radius 3 is 1.37 bits per heavy atom. The Labute approximate surface area is 420 Å². The molecule has 2 aliphatic carbocycles. The van der Waals surface area contributed by atoms with Crippen molar-refractivity contribution in [2.75, 3.05) is 63.4 Å². The van der Waals surface area contributed by atoms with Crippen LogP contribution in [0.1, 0.15) is 138 Å². The lowest BCUT2D eigenvalue weighted by molar-refractivity contribution is -0.141. The molecule has 2 unspecified atom stereocenters. The van der Waals surface area contributed by atoms with Crippen molar-refractivity contribution in [2.24, 2.45) is 5.73 Å². The molecule has 2 atom stereocenters. The van der Waals surface area contributed by atoms with Gasteiger partial charge in [0, 0.05) is 64.6 Å². The molecule has 0 radical (unpaired) electrons. The van der Waals surface area contributed by atoms with Crippen molar-refractivity contribution in [3.63, 3.8) is 0 Å². The van der Waals surface area contributed by atoms with E-state index in [0.29, 0.717) is 18.9 Å². The molecule has 15 nitrogen and oxygen atoms in total. The van der Waals surface area contributed by atoms with Crippen molar-refractivity contribution in [3.05, 3.63) is 46.5 Å². The number of hydrogen-bond acceptors (Lipinski definition) is 10. The highest BCUT2D eigenvalue weighted by molar-refractivity contribution is 6.06. The smallest absolute Gasteiger partial charge is 0.417 e. The first-order chi connectivity index (χ1) is 34.1. The van der Waals surface area contributed by atoms with Crippen LogP contribution in [0.25, 0.3) is 0 Å². The number of benzene rings is 2. The monoisotopic (exact) mass is 1050 g/mol. The van der Waals surface area contributed by atoms with Gasteiger partial charge in [-0.3, -0.25) is 24.0 Å². The van der Waals surface area contributed by atoms with Gasteiger partial charge in [0.05, 0.1) is 46.8 Å². The van der Waals surface area contributed by atoms with E-state index in [4.69, 9.17) is 24.7 Å². The maximum atomic E-state index is 14.3. The van der Waals surface area contributed by atoms with Crippen LogP contribution in [0.2, 0.25) is 0 Å². The van der Waals surface area contributed by atoms with E-state index in [2.05, 4.69) is 0 Å². The SMILES string of the molecule is COCC1(C)Oc2cc(C(F)(F)F)c(C(=O)N(C(C)C)C3CCCCC3)cc2N(CCN)C1=O.COCC1(C)Oc2cc(C(F)(F)F)c(C(=O)N(C(C)C)C3CCCCC3)cc2N(CCNC(=O)C(F)F)C1=O. The number of nitrogens with two attached hydrogens (primary N) is 1. The van der Waals surface area contributed by atoms with Gasteiger partial charge in [-0.2, -0.15) is 35.1 Å². The molecule has 5 amide bonds. The van der Waals surface area contributed by atoms with Crippen LogP contribution in [-0.2, 0) is 36.2 Å². The van der Waals surface area contributed by atoms with Gasteiger partial charge in [0.2, 0.25) is 11.2 Å². The first kappa shape index (κ1) is 58.6. The predicted molar refractivity (Wildman–Crippen MR) is 254 cm³/mol. The molecule has 0 bridgehead atoms. The average molecular weight is 1050 g/mol. The average Bonchev–Trinajstić information content (AvgIpc) is 3.31. The summed E-state index contributed by atoms with van der Waals surface area (Å²) in [4.78, 5) is 70.7. The standard InChI is InChI=1S/C26H34F5N3O5.C24H34F3N3O4/c1-15(2)34(16-8-6-5-7-9-16)23(36)17-12-19-20(13-18(17)26(29,30)31)39-25(3,14-38-4)24(37)33(19)11-10-32-22(35)21(27)28;1-15(2)30(16-8-6-5-7-9-16)21(31)17-12-19-20(13-18(17)24(25,26)27)34-23(3,14-33-4)22(32)29(19)11-10-28/h12-13,15-16,21H,5-11,14H2,1-4H3,(H,32,35);12-13,15-16H,5-11,14,28H2,1-4H3. The molecule has 2 aromatic carbocycles. The number of hydrogen-bond donors (Lipinski definition) is 2. The number of nitrogens with one attached hydrogen (secondary N) is 1. The van der Waals surface area contributed by atoms with Crippen molar-refractivity contribution in [2.45, 2.75) is 160 Å². The maximum absolute atomic E-state index is 14.3. The van der Waals surface area contributed by atoms with Crippen LogP contribution in [0, 0.1) is 0 Å². The Bertz CT molecular complexity index is 2300. The summed E-state index contributed by atoms with van der Waals surface area (Å²) in [6, 6.07) is 2.60. The fourth-order valence-corrected chi connectivity index (χ4v) is 10.2. The van der Waals surface area contributed by atoms with E-state index in [0.717, 1.165) is 74.5 Å². The van der Waals surface area contributed by atoms with Gasteiger partial charge in [0.1, 0.15) is 11.5 Å². The minimum atomic E-state index is -4.92. The van der Waals surface area contributed by atoms with Crippen LogP contribution in [-0.4, -0.2) is 135 Å². The van der Waals surface area contributed by atoms with E-state index in [1.807, 2.05) is 19.2 Å². The number of anilines is 2. The number of alkyl halides is 8. The molecule has 3 N–H and O–H groups in total. The fourth-order valence-electron chi connectivity index (χ4n) is 10.2. The normalized spacial score (nSPS) is 20.8. The van der Waals surface area contributed by atoms with Crippen LogP contribution in [0.4, 0.5) is 46.5 Å². The van der Waals surface area contributed by atoms with Gasteiger partial charge >= 0.3 is 18.8 Å². The molecule has 6 rings (SSSR count). The third-order valence-corrected chi connectivity index (χ3v) is 13.5. The second kappa shape index (κ2) is 23.9. The van der Waals surface area contributed by atoms with E-state index in [1.54, 1.807) is 18.7 Å². The summed E-state index contributed by atoms with van der Waals surface area (Å²) in [7, 11) is 2.65. The quantitative estimate of drug-likeness (QED) is 0.156. The van der Waals surface area contributed by atoms with Crippen molar-refractivity contribution >= 4 is 40.9 Å². The first-order valence-electron chi connectivity index (χ1n) is 24.6. The highest BCUT2D eigenvalue weighted by atomic mass is 19.4. The number of methoxy groups -OCH3 is 2. The molecule has 4 aliphatic rings. The summed E-state index contributed by atoms with van der Waals surface area (Å²) in [5.74, 6) is -4.75. The lowest BCUT2D eigenvalue weighted by Gasteiger charge is -2.41. The predicted octanol–water partition coefficient (Wildman–Crippen LogP) is 8.38. The molecule has 0 aromatic heterocycles. The van der Waals surface area contributed by atoms with E-state index >= 15 is 0 Å². The first-order valence-corrected chi connectivity index (χ1v) is 24.6. The molecule has 23 heteroatoms. The number of carbonyl (C=O) groups is 5. The summed E-state index contributed by atoms with van der Waals surface area (Å²) < 4.78 is 132. The molecule has 0 saturated heterocycles. The van der Waals surface area contributed by atoms with E-state index in [9.17, 15) is 59.1 Å². The maximum Gasteiger partial charge on any atom is 0.417 e. The van der Waals surface area contributed by atoms with Gasteiger partial charge in [-0.25, -0.2) is 0 Å². The van der Waals surface area contributed by atoms with Crippen molar-refractivity contribution < 1.29 is 78.0 Å². The van der Waals surface area contributed by atoms with Gasteiger partial charge in [-0.1, -0.05) is 38.5 Å². The summed E-state index contributed by atoms with van der Waals surface area (Å²) >= 11 is 0. The fraction of sp³-hybridized carbons (Fsp3) is 0.660. The van der Waals surface area contributed by atoms with E-state index in [-0.39, 0.29) is 79.9 Å². The van der Waals surface area contributed by atoms with Crippen molar-refractivity contribution in [1.82, 2.24) is 15.1 Å². The van der Waals surface area contributed by atoms with Gasteiger partial charge in [0.15, 0.2) is 0 Å². The number of halogens is 8. The second-order valence-electron chi connectivity index (χ2n) is 19.7. The number of carbonyl (C=O) groups excluding carboxylic acids is 5. The Morgan fingerprint density at radius 1 is 0.685 bits per heavy atom. The number of fused-ring (bicyclic) bond motifs is 2. The minimum Gasteiger partial charge on any atom is -0.473 e. The topological polar surface area (TPSA) is 173 Å². The third-order valence-electron chi connectivity index (χ3n) is 13.5. The number of ether oxygens (including phenoxy) is 4. The number of nitrogens with zero attached hydrogens (tertiary/aromatic N) is 4. The Balaban J connectivity index is 0.000000273. The third kappa shape index (κ3) is 13.2. The van der Waals surface area contributed by atoms with Crippen LogP contribution < -0.4 is 30.3 Å². The van der Waals surface area contributed by atoms with Gasteiger partial charge in [0.25, 0.3) is 29.5 Å². The molecule has 408 valence electrons. The van der Waals surface area contributed by atoms with Crippen LogP contribution in [0.3, 0.4) is 0 Å². The molecule has 2 aromatic rings. The molecule has 2 saturated carbocycles.